The van der Waals surface area contributed by atoms with Crippen LogP contribution >= 0.6 is 0 Å². The smallest absolute Gasteiger partial charge is 0.223 e. The molecule has 2 fully saturated rings. The Morgan fingerprint density at radius 1 is 1.35 bits per heavy atom. The van der Waals surface area contributed by atoms with Gasteiger partial charge in [-0.3, -0.25) is 4.79 Å². The Hall–Kier alpha value is -0.833. The van der Waals surface area contributed by atoms with Gasteiger partial charge in [0.2, 0.25) is 5.91 Å². The number of hydrogen-bond acceptors (Lipinski definition) is 1. The highest BCUT2D eigenvalue weighted by molar-refractivity contribution is 6.86. The van der Waals surface area contributed by atoms with Crippen molar-refractivity contribution < 1.29 is 4.79 Å². The second-order valence-corrected chi connectivity index (χ2v) is 14.5. The van der Waals surface area contributed by atoms with E-state index in [-0.39, 0.29) is 5.04 Å². The fourth-order valence-corrected chi connectivity index (χ4v) is 6.37. The van der Waals surface area contributed by atoms with Crippen molar-refractivity contribution >= 4 is 14.0 Å². The van der Waals surface area contributed by atoms with Gasteiger partial charge < -0.3 is 4.90 Å². The first-order valence-corrected chi connectivity index (χ1v) is 12.2. The van der Waals surface area contributed by atoms with Crippen LogP contribution in [0, 0.1) is 5.92 Å². The number of carbonyl (C=O) groups excluding carboxylic acids is 1. The van der Waals surface area contributed by atoms with Crippen molar-refractivity contribution in [2.75, 3.05) is 0 Å². The van der Waals surface area contributed by atoms with Crippen molar-refractivity contribution in [2.45, 2.75) is 90.0 Å². The minimum Gasteiger partial charge on any atom is -0.335 e. The quantitative estimate of drug-likeness (QED) is 0.503. The van der Waals surface area contributed by atoms with Crippen molar-refractivity contribution in [3.63, 3.8) is 0 Å². The molecule has 0 aromatic carbocycles. The third-order valence-electron chi connectivity index (χ3n) is 6.69. The van der Waals surface area contributed by atoms with Crippen LogP contribution < -0.4 is 0 Å². The van der Waals surface area contributed by atoms with Crippen molar-refractivity contribution in [2.24, 2.45) is 5.92 Å². The van der Waals surface area contributed by atoms with Gasteiger partial charge in [-0.05, 0) is 24.3 Å². The molecule has 23 heavy (non-hydrogen) atoms. The van der Waals surface area contributed by atoms with Gasteiger partial charge in [0.15, 0.2) is 0 Å². The van der Waals surface area contributed by atoms with Crippen LogP contribution in [-0.2, 0) is 4.79 Å². The highest BCUT2D eigenvalue weighted by atomic mass is 28.3. The van der Waals surface area contributed by atoms with Gasteiger partial charge in [-0.25, -0.2) is 0 Å². The molecule has 2 nitrogen and oxygen atoms in total. The van der Waals surface area contributed by atoms with E-state index in [1.54, 1.807) is 0 Å². The maximum atomic E-state index is 12.5. The number of amides is 1. The van der Waals surface area contributed by atoms with E-state index in [1.807, 2.05) is 0 Å². The van der Waals surface area contributed by atoms with E-state index in [4.69, 9.17) is 0 Å². The number of carbonyl (C=O) groups is 1. The SMILES string of the molecule is C=C1C[C@@H]2CCC(=O)N2[C@@H](CCC)[C@H]1C(=C)[Si](C)(C)C(C)(C)C. The number of piperidine rings is 1. The molecule has 0 unspecified atom stereocenters. The second-order valence-electron chi connectivity index (χ2n) is 9.09. The zero-order valence-corrected chi connectivity index (χ0v) is 17.0. The summed E-state index contributed by atoms with van der Waals surface area (Å²) in [5, 5.41) is 1.67. The normalized spacial score (nSPS) is 29.0. The Labute approximate surface area is 144 Å². The predicted molar refractivity (Wildman–Crippen MR) is 102 cm³/mol. The van der Waals surface area contributed by atoms with Crippen molar-refractivity contribution in [1.82, 2.24) is 4.90 Å². The van der Waals surface area contributed by atoms with Gasteiger partial charge in [0.25, 0.3) is 0 Å². The van der Waals surface area contributed by atoms with E-state index < -0.39 is 8.07 Å². The minimum absolute atomic E-state index is 0.271. The van der Waals surface area contributed by atoms with E-state index in [1.165, 1.54) is 10.8 Å². The van der Waals surface area contributed by atoms with Gasteiger partial charge in [-0.15, -0.1) is 6.58 Å². The summed E-state index contributed by atoms with van der Waals surface area (Å²) < 4.78 is 0. The lowest BCUT2D eigenvalue weighted by Gasteiger charge is -2.50. The lowest BCUT2D eigenvalue weighted by molar-refractivity contribution is -0.132. The second kappa shape index (κ2) is 6.23. The molecule has 0 radical (unpaired) electrons. The largest absolute Gasteiger partial charge is 0.335 e. The summed E-state index contributed by atoms with van der Waals surface area (Å²) in [5.41, 5.74) is 1.33. The summed E-state index contributed by atoms with van der Waals surface area (Å²) in [7, 11) is -1.67. The topological polar surface area (TPSA) is 20.3 Å². The molecule has 130 valence electrons. The summed E-state index contributed by atoms with van der Waals surface area (Å²) in [6.45, 7) is 23.2. The molecule has 0 saturated carbocycles. The fraction of sp³-hybridized carbons (Fsp3) is 0.750. The Bertz CT molecular complexity index is 514. The van der Waals surface area contributed by atoms with E-state index >= 15 is 0 Å². The van der Waals surface area contributed by atoms with Gasteiger partial charge in [-0.1, -0.05) is 64.6 Å². The third-order valence-corrected chi connectivity index (χ3v) is 12.4. The van der Waals surface area contributed by atoms with Crippen LogP contribution in [0.25, 0.3) is 0 Å². The zero-order chi connectivity index (χ0) is 17.6. The summed E-state index contributed by atoms with van der Waals surface area (Å²) in [4.78, 5) is 14.7. The molecule has 0 aromatic heterocycles. The van der Waals surface area contributed by atoms with Crippen LogP contribution in [0.5, 0.6) is 0 Å². The Balaban J connectivity index is 2.40. The zero-order valence-electron chi connectivity index (χ0n) is 16.0. The first kappa shape index (κ1) is 18.5. The van der Waals surface area contributed by atoms with E-state index in [9.17, 15) is 4.79 Å². The van der Waals surface area contributed by atoms with E-state index in [0.29, 0.717) is 23.9 Å². The van der Waals surface area contributed by atoms with Crippen molar-refractivity contribution in [3.05, 3.63) is 23.9 Å². The average molecular weight is 334 g/mol. The molecular formula is C20H35NOSi. The Morgan fingerprint density at radius 3 is 2.48 bits per heavy atom. The summed E-state index contributed by atoms with van der Waals surface area (Å²) in [5.74, 6) is 0.656. The van der Waals surface area contributed by atoms with Crippen molar-refractivity contribution in [3.8, 4) is 0 Å². The number of rotatable bonds is 4. The number of hydrogen-bond donors (Lipinski definition) is 0. The monoisotopic (exact) mass is 333 g/mol. The number of fused-ring (bicyclic) bond motifs is 1. The first-order valence-electron chi connectivity index (χ1n) is 9.20. The van der Waals surface area contributed by atoms with Crippen LogP contribution in [-0.4, -0.2) is 31.0 Å². The lowest BCUT2D eigenvalue weighted by Crippen LogP contribution is -2.54. The van der Waals surface area contributed by atoms with E-state index in [2.05, 4.69) is 58.8 Å². The standard InChI is InChI=1S/C20H35NOSi/c1-9-10-17-19(15(3)23(7,8)20(4,5)6)14(2)13-16-11-12-18(22)21(16)17/h16-17,19H,2-3,9-13H2,1,4-8H3/t16-,17-,19+/m0/s1. The van der Waals surface area contributed by atoms with Gasteiger partial charge in [0.1, 0.15) is 0 Å². The summed E-state index contributed by atoms with van der Waals surface area (Å²) >= 11 is 0. The molecular weight excluding hydrogens is 298 g/mol. The molecule has 3 heteroatoms. The van der Waals surface area contributed by atoms with Gasteiger partial charge in [-0.2, -0.15) is 0 Å². The molecule has 0 aliphatic carbocycles. The van der Waals surface area contributed by atoms with E-state index in [0.717, 1.165) is 32.1 Å². The molecule has 0 N–H and O–H groups in total. The maximum Gasteiger partial charge on any atom is 0.223 e. The van der Waals surface area contributed by atoms with Crippen molar-refractivity contribution in [1.29, 1.82) is 0 Å². The van der Waals surface area contributed by atoms with Gasteiger partial charge >= 0.3 is 0 Å². The fourth-order valence-electron chi connectivity index (χ4n) is 4.23. The Kier molecular flexibility index (Phi) is 5.01. The van der Waals surface area contributed by atoms with Crippen LogP contribution in [0.1, 0.15) is 59.8 Å². The molecule has 2 saturated heterocycles. The minimum atomic E-state index is -1.67. The first-order chi connectivity index (χ1) is 10.5. The molecule has 0 bridgehead atoms. The van der Waals surface area contributed by atoms with Crippen LogP contribution in [0.3, 0.4) is 0 Å². The van der Waals surface area contributed by atoms with Crippen LogP contribution in [0.4, 0.5) is 0 Å². The summed E-state index contributed by atoms with van der Waals surface area (Å²) in [6.07, 6.45) is 4.88. The highest BCUT2D eigenvalue weighted by Gasteiger charge is 2.49. The molecule has 1 amide bonds. The third kappa shape index (κ3) is 3.09. The molecule has 0 spiro atoms. The molecule has 2 aliphatic heterocycles. The van der Waals surface area contributed by atoms with Gasteiger partial charge in [0, 0.05) is 24.4 Å². The van der Waals surface area contributed by atoms with Crippen LogP contribution in [0.2, 0.25) is 18.1 Å². The molecule has 3 atom stereocenters. The molecule has 0 aromatic rings. The molecule has 2 aliphatic rings. The lowest BCUT2D eigenvalue weighted by atomic mass is 9.80. The number of nitrogens with zero attached hydrogens (tertiary/aromatic N) is 1. The predicted octanol–water partition coefficient (Wildman–Crippen LogP) is 5.33. The Morgan fingerprint density at radius 2 is 1.96 bits per heavy atom. The average Bonchev–Trinajstić information content (AvgIpc) is 2.78. The highest BCUT2D eigenvalue weighted by Crippen LogP contribution is 2.49. The van der Waals surface area contributed by atoms with Crippen LogP contribution in [0.15, 0.2) is 23.9 Å². The molecule has 2 rings (SSSR count). The summed E-state index contributed by atoms with van der Waals surface area (Å²) in [6, 6.07) is 0.692. The van der Waals surface area contributed by atoms with Gasteiger partial charge in [0.05, 0.1) is 8.07 Å². The maximum absolute atomic E-state index is 12.5. The molecule has 2 heterocycles.